The quantitative estimate of drug-likeness (QED) is 0.864. The van der Waals surface area contributed by atoms with Crippen LogP contribution in [0.25, 0.3) is 0 Å². The largest absolute Gasteiger partial charge is 0.417 e. The summed E-state index contributed by atoms with van der Waals surface area (Å²) in [7, 11) is 0. The zero-order chi connectivity index (χ0) is 18.1. The molecule has 2 N–H and O–H groups in total. The van der Waals surface area contributed by atoms with Crippen LogP contribution in [-0.4, -0.2) is 17.6 Å². The molecule has 0 bridgehead atoms. The Balaban J connectivity index is 1.80. The van der Waals surface area contributed by atoms with E-state index >= 15 is 0 Å². The second-order valence-corrected chi connectivity index (χ2v) is 6.29. The van der Waals surface area contributed by atoms with Gasteiger partial charge < -0.3 is 10.4 Å². The number of halogens is 3. The number of nitrogens with one attached hydrogen (secondary N) is 1. The number of amides is 1. The second-order valence-electron chi connectivity index (χ2n) is 6.29. The Morgan fingerprint density at radius 2 is 1.64 bits per heavy atom. The Morgan fingerprint density at radius 1 is 1.04 bits per heavy atom. The summed E-state index contributed by atoms with van der Waals surface area (Å²) in [5.41, 5.74) is -2.05. The maximum absolute atomic E-state index is 13.1. The third-order valence-corrected chi connectivity index (χ3v) is 4.52. The van der Waals surface area contributed by atoms with E-state index in [4.69, 9.17) is 0 Å². The van der Waals surface area contributed by atoms with Gasteiger partial charge in [-0.3, -0.25) is 4.79 Å². The van der Waals surface area contributed by atoms with Gasteiger partial charge in [-0.2, -0.15) is 13.2 Å². The number of hydrogen-bond acceptors (Lipinski definition) is 2. The molecule has 0 aliphatic heterocycles. The van der Waals surface area contributed by atoms with Crippen LogP contribution in [0, 0.1) is 5.92 Å². The van der Waals surface area contributed by atoms with E-state index in [9.17, 15) is 23.1 Å². The Bertz CT molecular complexity index is 757. The average Bonchev–Trinajstić information content (AvgIpc) is 3.45. The fourth-order valence-electron chi connectivity index (χ4n) is 3.01. The number of alkyl halides is 3. The summed E-state index contributed by atoms with van der Waals surface area (Å²) in [5.74, 6) is -0.851. The van der Waals surface area contributed by atoms with E-state index in [2.05, 4.69) is 5.32 Å². The molecule has 1 aliphatic carbocycles. The minimum Gasteiger partial charge on any atom is -0.383 e. The topological polar surface area (TPSA) is 49.3 Å². The first-order valence-corrected chi connectivity index (χ1v) is 8.04. The summed E-state index contributed by atoms with van der Waals surface area (Å²) in [6.45, 7) is -0.132. The van der Waals surface area contributed by atoms with Gasteiger partial charge in [0.25, 0.3) is 5.91 Å². The number of carbonyl (C=O) groups is 1. The van der Waals surface area contributed by atoms with Crippen LogP contribution in [0.5, 0.6) is 0 Å². The minimum atomic E-state index is -4.61. The number of carbonyl (C=O) groups excluding carboxylic acids is 1. The Kier molecular flexibility index (Phi) is 4.56. The van der Waals surface area contributed by atoms with Crippen molar-refractivity contribution in [2.24, 2.45) is 5.92 Å². The molecule has 0 saturated heterocycles. The Morgan fingerprint density at radius 3 is 2.24 bits per heavy atom. The Labute approximate surface area is 143 Å². The summed E-state index contributed by atoms with van der Waals surface area (Å²) in [6.07, 6.45) is -2.97. The summed E-state index contributed by atoms with van der Waals surface area (Å²) in [5, 5.41) is 13.5. The molecule has 3 rings (SSSR count). The van der Waals surface area contributed by atoms with E-state index in [1.54, 1.807) is 24.3 Å². The van der Waals surface area contributed by atoms with Crippen molar-refractivity contribution in [2.75, 3.05) is 6.54 Å². The predicted molar refractivity (Wildman–Crippen MR) is 86.8 cm³/mol. The van der Waals surface area contributed by atoms with Crippen LogP contribution in [0.4, 0.5) is 13.2 Å². The van der Waals surface area contributed by atoms with Crippen molar-refractivity contribution in [1.29, 1.82) is 0 Å². The fourth-order valence-corrected chi connectivity index (χ4v) is 3.01. The van der Waals surface area contributed by atoms with Crippen LogP contribution in [0.1, 0.15) is 34.3 Å². The van der Waals surface area contributed by atoms with Crippen LogP contribution >= 0.6 is 0 Å². The molecule has 0 heterocycles. The Hall–Kier alpha value is -2.34. The van der Waals surface area contributed by atoms with Crippen LogP contribution in [-0.2, 0) is 11.8 Å². The van der Waals surface area contributed by atoms with Crippen molar-refractivity contribution in [3.63, 3.8) is 0 Å². The molecule has 2 aromatic carbocycles. The molecule has 132 valence electrons. The van der Waals surface area contributed by atoms with Gasteiger partial charge in [0.15, 0.2) is 0 Å². The third kappa shape index (κ3) is 3.69. The maximum Gasteiger partial charge on any atom is 0.417 e. The third-order valence-electron chi connectivity index (χ3n) is 4.52. The molecule has 1 amide bonds. The molecule has 1 atom stereocenters. The number of aliphatic hydroxyl groups is 1. The lowest BCUT2D eigenvalue weighted by Gasteiger charge is -2.29. The number of benzene rings is 2. The van der Waals surface area contributed by atoms with Gasteiger partial charge in [0.2, 0.25) is 0 Å². The van der Waals surface area contributed by atoms with Gasteiger partial charge >= 0.3 is 6.18 Å². The molecule has 2 aromatic rings. The van der Waals surface area contributed by atoms with Gasteiger partial charge in [0, 0.05) is 0 Å². The van der Waals surface area contributed by atoms with Gasteiger partial charge in [-0.25, -0.2) is 0 Å². The zero-order valence-electron chi connectivity index (χ0n) is 13.4. The molecular formula is C19H18F3NO2. The standard InChI is InChI=1S/C19H18F3NO2/c20-19(21,22)16-9-5-4-8-15(16)17(24)23-12-18(25,14-10-11-14)13-6-2-1-3-7-13/h1-9,14,25H,10-12H2,(H,23,24)/t18-/m1/s1. The summed E-state index contributed by atoms with van der Waals surface area (Å²) in [6, 6.07) is 13.5. The van der Waals surface area contributed by atoms with Gasteiger partial charge in [-0.05, 0) is 36.5 Å². The van der Waals surface area contributed by atoms with Gasteiger partial charge in [-0.15, -0.1) is 0 Å². The van der Waals surface area contributed by atoms with Crippen LogP contribution < -0.4 is 5.32 Å². The van der Waals surface area contributed by atoms with Crippen LogP contribution in [0.3, 0.4) is 0 Å². The fraction of sp³-hybridized carbons (Fsp3) is 0.316. The lowest BCUT2D eigenvalue weighted by molar-refractivity contribution is -0.137. The number of hydrogen-bond donors (Lipinski definition) is 2. The molecule has 1 saturated carbocycles. The van der Waals surface area contributed by atoms with Gasteiger partial charge in [-0.1, -0.05) is 42.5 Å². The molecule has 25 heavy (non-hydrogen) atoms. The monoisotopic (exact) mass is 349 g/mol. The lowest BCUT2D eigenvalue weighted by atomic mass is 9.88. The molecule has 1 aliphatic rings. The molecule has 0 radical (unpaired) electrons. The van der Waals surface area contributed by atoms with E-state index in [-0.39, 0.29) is 12.5 Å². The van der Waals surface area contributed by atoms with Crippen molar-refractivity contribution in [3.8, 4) is 0 Å². The minimum absolute atomic E-state index is 0.00643. The van der Waals surface area contributed by atoms with Crippen molar-refractivity contribution in [1.82, 2.24) is 5.32 Å². The molecule has 0 spiro atoms. The summed E-state index contributed by atoms with van der Waals surface area (Å²) < 4.78 is 39.2. The molecule has 6 heteroatoms. The molecule has 0 unspecified atom stereocenters. The van der Waals surface area contributed by atoms with E-state index in [1.807, 2.05) is 6.07 Å². The normalized spacial score (nSPS) is 17.0. The molecule has 3 nitrogen and oxygen atoms in total. The zero-order valence-corrected chi connectivity index (χ0v) is 13.4. The highest BCUT2D eigenvalue weighted by Gasteiger charge is 2.45. The average molecular weight is 349 g/mol. The van der Waals surface area contributed by atoms with E-state index in [1.165, 1.54) is 12.1 Å². The van der Waals surface area contributed by atoms with Crippen LogP contribution in [0.2, 0.25) is 0 Å². The van der Waals surface area contributed by atoms with Crippen molar-refractivity contribution >= 4 is 5.91 Å². The second kappa shape index (κ2) is 6.52. The molecule has 1 fully saturated rings. The van der Waals surface area contributed by atoms with E-state index < -0.39 is 28.8 Å². The maximum atomic E-state index is 13.1. The summed E-state index contributed by atoms with van der Waals surface area (Å²) >= 11 is 0. The highest BCUT2D eigenvalue weighted by atomic mass is 19.4. The predicted octanol–water partition coefficient (Wildman–Crippen LogP) is 3.73. The van der Waals surface area contributed by atoms with Crippen molar-refractivity contribution in [2.45, 2.75) is 24.6 Å². The molecule has 0 aromatic heterocycles. The molecular weight excluding hydrogens is 331 g/mol. The van der Waals surface area contributed by atoms with Crippen LogP contribution in [0.15, 0.2) is 54.6 Å². The van der Waals surface area contributed by atoms with E-state index in [0.29, 0.717) is 5.56 Å². The van der Waals surface area contributed by atoms with Crippen molar-refractivity contribution < 1.29 is 23.1 Å². The smallest absolute Gasteiger partial charge is 0.383 e. The first-order chi connectivity index (χ1) is 11.8. The lowest BCUT2D eigenvalue weighted by Crippen LogP contribution is -2.42. The van der Waals surface area contributed by atoms with Gasteiger partial charge in [0.1, 0.15) is 5.60 Å². The SMILES string of the molecule is O=C(NC[C@@](O)(c1ccccc1)C1CC1)c1ccccc1C(F)(F)F. The van der Waals surface area contributed by atoms with Gasteiger partial charge in [0.05, 0.1) is 17.7 Å². The summed E-state index contributed by atoms with van der Waals surface area (Å²) in [4.78, 5) is 12.3. The highest BCUT2D eigenvalue weighted by Crippen LogP contribution is 2.45. The number of rotatable bonds is 5. The first-order valence-electron chi connectivity index (χ1n) is 8.04. The highest BCUT2D eigenvalue weighted by molar-refractivity contribution is 5.95. The van der Waals surface area contributed by atoms with E-state index in [0.717, 1.165) is 25.0 Å². The first kappa shape index (κ1) is 17.5. The van der Waals surface area contributed by atoms with Crippen molar-refractivity contribution in [3.05, 3.63) is 71.3 Å².